The van der Waals surface area contributed by atoms with Gasteiger partial charge in [-0.05, 0) is 72.7 Å². The molecule has 1 unspecified atom stereocenters. The van der Waals surface area contributed by atoms with E-state index in [-0.39, 0.29) is 5.91 Å². The van der Waals surface area contributed by atoms with E-state index < -0.39 is 0 Å². The van der Waals surface area contributed by atoms with Crippen molar-refractivity contribution in [2.45, 2.75) is 38.1 Å². The van der Waals surface area contributed by atoms with Gasteiger partial charge >= 0.3 is 0 Å². The zero-order valence-corrected chi connectivity index (χ0v) is 12.6. The maximum atomic E-state index is 11.8. The third-order valence-corrected chi connectivity index (χ3v) is 3.98. The van der Waals surface area contributed by atoms with E-state index in [2.05, 4.69) is 33.2 Å². The lowest BCUT2D eigenvalue weighted by Gasteiger charge is -2.23. The highest BCUT2D eigenvalue weighted by Crippen LogP contribution is 2.14. The van der Waals surface area contributed by atoms with Crippen LogP contribution in [0.25, 0.3) is 0 Å². The van der Waals surface area contributed by atoms with Crippen LogP contribution in [0.4, 0.5) is 5.69 Å². The molecule has 2 rings (SSSR count). The topological polar surface area (TPSA) is 41.1 Å². The van der Waals surface area contributed by atoms with Crippen molar-refractivity contribution in [3.05, 3.63) is 27.8 Å². The highest BCUT2D eigenvalue weighted by atomic mass is 127. The van der Waals surface area contributed by atoms with Gasteiger partial charge in [-0.3, -0.25) is 4.79 Å². The molecule has 3 nitrogen and oxygen atoms in total. The molecule has 1 fully saturated rings. The predicted octanol–water partition coefficient (Wildman–Crippen LogP) is 3.15. The zero-order valence-electron chi connectivity index (χ0n) is 10.4. The number of halogens is 1. The minimum atomic E-state index is 0.114. The first-order valence-corrected chi connectivity index (χ1v) is 7.61. The second-order valence-electron chi connectivity index (χ2n) is 4.74. The van der Waals surface area contributed by atoms with Crippen molar-refractivity contribution in [3.63, 3.8) is 0 Å². The number of carbonyl (C=O) groups excluding carboxylic acids is 1. The van der Waals surface area contributed by atoms with Crippen LogP contribution in [0, 0.1) is 3.57 Å². The largest absolute Gasteiger partial charge is 0.326 e. The molecule has 2 N–H and O–H groups in total. The number of hydrogen-bond donors (Lipinski definition) is 2. The van der Waals surface area contributed by atoms with Crippen molar-refractivity contribution >= 4 is 34.2 Å². The zero-order chi connectivity index (χ0) is 12.8. The number of benzene rings is 1. The Bertz CT molecular complexity index is 385. The summed E-state index contributed by atoms with van der Waals surface area (Å²) in [6, 6.07) is 8.41. The van der Waals surface area contributed by atoms with E-state index >= 15 is 0 Å². The molecular formula is C14H19IN2O. The molecule has 4 heteroatoms. The fraction of sp³-hybridized carbons (Fsp3) is 0.500. The lowest BCUT2D eigenvalue weighted by Crippen LogP contribution is -2.34. The summed E-state index contributed by atoms with van der Waals surface area (Å²) in [4.78, 5) is 11.8. The lowest BCUT2D eigenvalue weighted by molar-refractivity contribution is -0.116. The van der Waals surface area contributed by atoms with Gasteiger partial charge in [0.15, 0.2) is 0 Å². The van der Waals surface area contributed by atoms with Gasteiger partial charge in [-0.1, -0.05) is 6.42 Å². The van der Waals surface area contributed by atoms with Crippen LogP contribution in [0.3, 0.4) is 0 Å². The monoisotopic (exact) mass is 358 g/mol. The molecule has 1 aromatic carbocycles. The molecule has 0 bridgehead atoms. The molecule has 18 heavy (non-hydrogen) atoms. The first-order valence-electron chi connectivity index (χ1n) is 6.53. The molecule has 98 valence electrons. The fourth-order valence-electron chi connectivity index (χ4n) is 2.23. The summed E-state index contributed by atoms with van der Waals surface area (Å²) in [5, 5.41) is 6.40. The van der Waals surface area contributed by atoms with E-state index in [1.165, 1.54) is 22.8 Å². The predicted molar refractivity (Wildman–Crippen MR) is 82.7 cm³/mol. The number of anilines is 1. The van der Waals surface area contributed by atoms with Crippen LogP contribution < -0.4 is 10.6 Å². The number of piperidine rings is 1. The quantitative estimate of drug-likeness (QED) is 0.812. The minimum Gasteiger partial charge on any atom is -0.326 e. The van der Waals surface area contributed by atoms with Crippen molar-refractivity contribution in [2.24, 2.45) is 0 Å². The van der Waals surface area contributed by atoms with Crippen LogP contribution in [-0.4, -0.2) is 18.5 Å². The van der Waals surface area contributed by atoms with Gasteiger partial charge in [0.05, 0.1) is 0 Å². The Morgan fingerprint density at radius 1 is 1.33 bits per heavy atom. The highest BCUT2D eigenvalue weighted by molar-refractivity contribution is 14.1. The standard InChI is InChI=1S/C14H19IN2O/c15-11-4-6-13(7-5-11)17-14(18)9-8-12-3-1-2-10-16-12/h4-7,12,16H,1-3,8-10H2,(H,17,18). The molecule has 1 amide bonds. The Kier molecular flexibility index (Phi) is 5.44. The second kappa shape index (κ2) is 7.09. The number of hydrogen-bond acceptors (Lipinski definition) is 2. The minimum absolute atomic E-state index is 0.114. The molecular weight excluding hydrogens is 339 g/mol. The van der Waals surface area contributed by atoms with Gasteiger partial charge < -0.3 is 10.6 Å². The van der Waals surface area contributed by atoms with E-state index in [1.54, 1.807) is 0 Å². The summed E-state index contributed by atoms with van der Waals surface area (Å²) in [5.74, 6) is 0.114. The van der Waals surface area contributed by atoms with Gasteiger partial charge in [-0.15, -0.1) is 0 Å². The molecule has 0 aromatic heterocycles. The van der Waals surface area contributed by atoms with Gasteiger partial charge in [0.1, 0.15) is 0 Å². The van der Waals surface area contributed by atoms with Gasteiger partial charge in [0, 0.05) is 21.7 Å². The fourth-order valence-corrected chi connectivity index (χ4v) is 2.59. The molecule has 1 heterocycles. The van der Waals surface area contributed by atoms with Crippen LogP contribution >= 0.6 is 22.6 Å². The Morgan fingerprint density at radius 2 is 2.11 bits per heavy atom. The first kappa shape index (κ1) is 13.8. The average molecular weight is 358 g/mol. The Morgan fingerprint density at radius 3 is 2.78 bits per heavy atom. The smallest absolute Gasteiger partial charge is 0.224 e. The number of amides is 1. The van der Waals surface area contributed by atoms with E-state index in [9.17, 15) is 4.79 Å². The molecule has 1 saturated heterocycles. The van der Waals surface area contributed by atoms with Crippen molar-refractivity contribution in [3.8, 4) is 0 Å². The molecule has 0 aliphatic carbocycles. The van der Waals surface area contributed by atoms with E-state index in [4.69, 9.17) is 0 Å². The van der Waals surface area contributed by atoms with Gasteiger partial charge in [-0.2, -0.15) is 0 Å². The number of nitrogens with one attached hydrogen (secondary N) is 2. The molecule has 1 aliphatic rings. The Labute approximate surface area is 122 Å². The lowest BCUT2D eigenvalue weighted by atomic mass is 10.0. The summed E-state index contributed by atoms with van der Waals surface area (Å²) in [6.07, 6.45) is 5.30. The van der Waals surface area contributed by atoms with Crippen molar-refractivity contribution in [1.82, 2.24) is 5.32 Å². The third kappa shape index (κ3) is 4.57. The maximum absolute atomic E-state index is 11.8. The van der Waals surface area contributed by atoms with Crippen molar-refractivity contribution in [2.75, 3.05) is 11.9 Å². The molecule has 0 saturated carbocycles. The first-order chi connectivity index (χ1) is 8.74. The second-order valence-corrected chi connectivity index (χ2v) is 5.99. The number of carbonyl (C=O) groups is 1. The van der Waals surface area contributed by atoms with Crippen molar-refractivity contribution in [1.29, 1.82) is 0 Å². The van der Waals surface area contributed by atoms with Crippen LogP contribution in [0.15, 0.2) is 24.3 Å². The van der Waals surface area contributed by atoms with Crippen molar-refractivity contribution < 1.29 is 4.79 Å². The summed E-state index contributed by atoms with van der Waals surface area (Å²) in [7, 11) is 0. The van der Waals surface area contributed by atoms with Crippen LogP contribution in [0.1, 0.15) is 32.1 Å². The SMILES string of the molecule is O=C(CCC1CCCCN1)Nc1ccc(I)cc1. The molecule has 0 radical (unpaired) electrons. The molecule has 1 aromatic rings. The normalized spacial score (nSPS) is 19.5. The van der Waals surface area contributed by atoms with Gasteiger partial charge in [0.25, 0.3) is 0 Å². The van der Waals surface area contributed by atoms with E-state index in [0.717, 1.165) is 18.7 Å². The highest BCUT2D eigenvalue weighted by Gasteiger charge is 2.13. The molecule has 1 atom stereocenters. The van der Waals surface area contributed by atoms with Crippen LogP contribution in [-0.2, 0) is 4.79 Å². The third-order valence-electron chi connectivity index (χ3n) is 3.26. The Hall–Kier alpha value is -0.620. The van der Waals surface area contributed by atoms with Gasteiger partial charge in [-0.25, -0.2) is 0 Å². The Balaban J connectivity index is 1.73. The van der Waals surface area contributed by atoms with Crippen LogP contribution in [0.5, 0.6) is 0 Å². The summed E-state index contributed by atoms with van der Waals surface area (Å²) >= 11 is 2.26. The van der Waals surface area contributed by atoms with E-state index in [1.807, 2.05) is 24.3 Å². The molecule has 1 aliphatic heterocycles. The molecule has 0 spiro atoms. The van der Waals surface area contributed by atoms with Gasteiger partial charge in [0.2, 0.25) is 5.91 Å². The maximum Gasteiger partial charge on any atom is 0.224 e. The van der Waals surface area contributed by atoms with Crippen LogP contribution in [0.2, 0.25) is 0 Å². The summed E-state index contributed by atoms with van der Waals surface area (Å²) < 4.78 is 1.18. The summed E-state index contributed by atoms with van der Waals surface area (Å²) in [6.45, 7) is 1.10. The summed E-state index contributed by atoms with van der Waals surface area (Å²) in [5.41, 5.74) is 0.886. The average Bonchev–Trinajstić information content (AvgIpc) is 2.40. The van der Waals surface area contributed by atoms with E-state index in [0.29, 0.717) is 12.5 Å². The number of rotatable bonds is 4.